The molecule has 0 aliphatic heterocycles. The number of nitrogens with zero attached hydrogens (tertiary/aromatic N) is 3. The topological polar surface area (TPSA) is 76.7 Å². The summed E-state index contributed by atoms with van der Waals surface area (Å²) in [5, 5.41) is 9.05. The smallest absolute Gasteiger partial charge is 0.183 e. The van der Waals surface area contributed by atoms with E-state index in [0.29, 0.717) is 22.4 Å². The molecule has 0 aliphatic carbocycles. The minimum atomic E-state index is 0.473. The van der Waals surface area contributed by atoms with E-state index in [1.165, 1.54) is 0 Å². The van der Waals surface area contributed by atoms with Crippen LogP contribution in [0.1, 0.15) is 0 Å². The first-order chi connectivity index (χ1) is 10.3. The van der Waals surface area contributed by atoms with Crippen molar-refractivity contribution in [2.45, 2.75) is 0 Å². The lowest BCUT2D eigenvalue weighted by atomic mass is 10.1. The van der Waals surface area contributed by atoms with E-state index in [9.17, 15) is 0 Å². The highest BCUT2D eigenvalue weighted by molar-refractivity contribution is 6.30. The van der Waals surface area contributed by atoms with Gasteiger partial charge in [0.1, 0.15) is 5.69 Å². The molecule has 2 aromatic carbocycles. The van der Waals surface area contributed by atoms with Crippen LogP contribution in [-0.4, -0.2) is 15.2 Å². The predicted molar refractivity (Wildman–Crippen MR) is 83.5 cm³/mol. The Hall–Kier alpha value is -2.50. The van der Waals surface area contributed by atoms with Crippen molar-refractivity contribution < 1.29 is 0 Å². The van der Waals surface area contributed by atoms with Crippen LogP contribution in [0.15, 0.2) is 54.6 Å². The molecule has 0 atom stereocenters. The van der Waals surface area contributed by atoms with Crippen molar-refractivity contribution in [3.8, 4) is 22.6 Å². The highest BCUT2D eigenvalue weighted by Crippen LogP contribution is 2.25. The summed E-state index contributed by atoms with van der Waals surface area (Å²) in [5.41, 5.74) is 4.90. The Morgan fingerprint density at radius 3 is 2.24 bits per heavy atom. The third kappa shape index (κ3) is 2.84. The molecule has 1 heterocycles. The van der Waals surface area contributed by atoms with E-state index in [1.54, 1.807) is 12.1 Å². The van der Waals surface area contributed by atoms with Crippen molar-refractivity contribution in [3.63, 3.8) is 0 Å². The number of nitrogen functional groups attached to an aromatic ring is 1. The summed E-state index contributed by atoms with van der Waals surface area (Å²) in [5.74, 6) is 6.52. The van der Waals surface area contributed by atoms with Gasteiger partial charge in [0, 0.05) is 16.1 Å². The van der Waals surface area contributed by atoms with Crippen molar-refractivity contribution in [3.05, 3.63) is 59.6 Å². The summed E-state index contributed by atoms with van der Waals surface area (Å²) in [4.78, 5) is 4.41. The van der Waals surface area contributed by atoms with Gasteiger partial charge in [-0.25, -0.2) is 10.8 Å². The third-order valence-electron chi connectivity index (χ3n) is 2.97. The van der Waals surface area contributed by atoms with Crippen LogP contribution in [0, 0.1) is 0 Å². The Morgan fingerprint density at radius 1 is 0.857 bits per heavy atom. The van der Waals surface area contributed by atoms with E-state index in [4.69, 9.17) is 17.4 Å². The minimum absolute atomic E-state index is 0.473. The van der Waals surface area contributed by atoms with Gasteiger partial charge in [0.25, 0.3) is 0 Å². The van der Waals surface area contributed by atoms with Gasteiger partial charge in [-0.2, -0.15) is 0 Å². The Morgan fingerprint density at radius 2 is 1.57 bits per heavy atom. The van der Waals surface area contributed by atoms with Crippen LogP contribution in [0.2, 0.25) is 5.02 Å². The van der Waals surface area contributed by atoms with Gasteiger partial charge in [0.15, 0.2) is 11.6 Å². The molecular weight excluding hydrogens is 286 g/mol. The molecule has 0 saturated heterocycles. The SMILES string of the molecule is NNc1nc(-c2ccc(Cl)cc2)nnc1-c1ccccc1. The zero-order chi connectivity index (χ0) is 14.7. The molecule has 3 rings (SSSR count). The average Bonchev–Trinajstić information content (AvgIpc) is 2.56. The van der Waals surface area contributed by atoms with Crippen molar-refractivity contribution >= 4 is 17.4 Å². The van der Waals surface area contributed by atoms with E-state index >= 15 is 0 Å². The van der Waals surface area contributed by atoms with Gasteiger partial charge < -0.3 is 5.43 Å². The second-order valence-corrected chi connectivity index (χ2v) is 4.79. The second-order valence-electron chi connectivity index (χ2n) is 4.35. The molecule has 5 nitrogen and oxygen atoms in total. The number of nitrogens with one attached hydrogen (secondary N) is 1. The van der Waals surface area contributed by atoms with E-state index in [0.717, 1.165) is 11.1 Å². The van der Waals surface area contributed by atoms with Crippen molar-refractivity contribution in [1.29, 1.82) is 0 Å². The zero-order valence-corrected chi connectivity index (χ0v) is 11.7. The number of rotatable bonds is 3. The van der Waals surface area contributed by atoms with E-state index in [1.807, 2.05) is 42.5 Å². The number of halogens is 1. The second kappa shape index (κ2) is 5.87. The van der Waals surface area contributed by atoms with Crippen molar-refractivity contribution in [1.82, 2.24) is 15.2 Å². The van der Waals surface area contributed by atoms with Crippen LogP contribution in [0.5, 0.6) is 0 Å². The Labute approximate surface area is 126 Å². The monoisotopic (exact) mass is 297 g/mol. The lowest BCUT2D eigenvalue weighted by Crippen LogP contribution is -2.12. The molecule has 0 bridgehead atoms. The van der Waals surface area contributed by atoms with Crippen LogP contribution < -0.4 is 11.3 Å². The number of hydrazine groups is 1. The number of nitrogens with two attached hydrogens (primary N) is 1. The zero-order valence-electron chi connectivity index (χ0n) is 11.0. The number of benzene rings is 2. The molecule has 104 valence electrons. The van der Waals surface area contributed by atoms with E-state index < -0.39 is 0 Å². The normalized spacial score (nSPS) is 10.4. The summed E-state index contributed by atoms with van der Waals surface area (Å²) in [7, 11) is 0. The fourth-order valence-corrected chi connectivity index (χ4v) is 2.06. The fraction of sp³-hybridized carbons (Fsp3) is 0. The molecule has 3 aromatic rings. The van der Waals surface area contributed by atoms with Gasteiger partial charge in [-0.1, -0.05) is 41.9 Å². The first-order valence-electron chi connectivity index (χ1n) is 6.30. The molecule has 1 aromatic heterocycles. The number of hydrogen-bond acceptors (Lipinski definition) is 5. The first-order valence-corrected chi connectivity index (χ1v) is 6.68. The summed E-state index contributed by atoms with van der Waals surface area (Å²) in [6.07, 6.45) is 0. The Bertz CT molecular complexity index is 744. The van der Waals surface area contributed by atoms with Gasteiger partial charge in [-0.15, -0.1) is 10.2 Å². The molecule has 0 amide bonds. The highest BCUT2D eigenvalue weighted by atomic mass is 35.5. The number of hydrogen-bond donors (Lipinski definition) is 2. The van der Waals surface area contributed by atoms with Crippen LogP contribution in [-0.2, 0) is 0 Å². The molecule has 21 heavy (non-hydrogen) atoms. The Kier molecular flexibility index (Phi) is 3.77. The summed E-state index contributed by atoms with van der Waals surface area (Å²) in [6, 6.07) is 16.9. The predicted octanol–water partition coefficient (Wildman–Crippen LogP) is 3.14. The van der Waals surface area contributed by atoms with Crippen molar-refractivity contribution in [2.24, 2.45) is 5.84 Å². The molecule has 0 aliphatic rings. The molecule has 0 saturated carbocycles. The maximum Gasteiger partial charge on any atom is 0.183 e. The lowest BCUT2D eigenvalue weighted by Gasteiger charge is -2.08. The highest BCUT2D eigenvalue weighted by Gasteiger charge is 2.11. The van der Waals surface area contributed by atoms with Gasteiger partial charge in [0.05, 0.1) is 0 Å². The summed E-state index contributed by atoms with van der Waals surface area (Å²) in [6.45, 7) is 0. The van der Waals surface area contributed by atoms with E-state index in [-0.39, 0.29) is 0 Å². The molecule has 0 spiro atoms. The molecular formula is C15H12ClN5. The van der Waals surface area contributed by atoms with Crippen LogP contribution in [0.25, 0.3) is 22.6 Å². The molecule has 0 radical (unpaired) electrons. The first kappa shape index (κ1) is 13.5. The fourth-order valence-electron chi connectivity index (χ4n) is 1.94. The molecule has 6 heteroatoms. The third-order valence-corrected chi connectivity index (χ3v) is 3.23. The van der Waals surface area contributed by atoms with E-state index in [2.05, 4.69) is 20.6 Å². The summed E-state index contributed by atoms with van der Waals surface area (Å²) >= 11 is 5.87. The quantitative estimate of drug-likeness (QED) is 0.573. The van der Waals surface area contributed by atoms with Crippen LogP contribution in [0.4, 0.5) is 5.82 Å². The molecule has 0 fully saturated rings. The molecule has 0 unspecified atom stereocenters. The van der Waals surface area contributed by atoms with Crippen LogP contribution in [0.3, 0.4) is 0 Å². The maximum absolute atomic E-state index is 5.87. The van der Waals surface area contributed by atoms with Gasteiger partial charge in [0.2, 0.25) is 0 Å². The van der Waals surface area contributed by atoms with Crippen molar-refractivity contribution in [2.75, 3.05) is 5.43 Å². The van der Waals surface area contributed by atoms with Gasteiger partial charge in [-0.3, -0.25) is 0 Å². The Balaban J connectivity index is 2.05. The van der Waals surface area contributed by atoms with Gasteiger partial charge in [-0.05, 0) is 24.3 Å². The standard InChI is InChI=1S/C15H12ClN5/c16-12-8-6-11(7-9-12)14-18-15(19-17)13(20-21-14)10-4-2-1-3-5-10/h1-9H,17H2,(H,18,19,21). The minimum Gasteiger partial charge on any atom is -0.307 e. The average molecular weight is 298 g/mol. The van der Waals surface area contributed by atoms with Crippen LogP contribution >= 0.6 is 11.6 Å². The maximum atomic E-state index is 5.87. The number of anilines is 1. The lowest BCUT2D eigenvalue weighted by molar-refractivity contribution is 0.983. The molecule has 3 N–H and O–H groups in total. The largest absolute Gasteiger partial charge is 0.307 e. The number of aromatic nitrogens is 3. The van der Waals surface area contributed by atoms with Gasteiger partial charge >= 0.3 is 0 Å². The summed E-state index contributed by atoms with van der Waals surface area (Å²) < 4.78 is 0.